The van der Waals surface area contributed by atoms with Crippen molar-refractivity contribution in [1.29, 1.82) is 0 Å². The molecule has 3 aromatic carbocycles. The summed E-state index contributed by atoms with van der Waals surface area (Å²) >= 11 is 0. The number of aromatic nitrogens is 4. The smallest absolute Gasteiger partial charge is 0.225 e. The van der Waals surface area contributed by atoms with Crippen molar-refractivity contribution in [2.75, 3.05) is 24.9 Å². The summed E-state index contributed by atoms with van der Waals surface area (Å²) in [6, 6.07) is 24.1. The molecule has 0 radical (unpaired) electrons. The molecule has 0 saturated carbocycles. The highest BCUT2D eigenvalue weighted by molar-refractivity contribution is 5.81. The zero-order valence-corrected chi connectivity index (χ0v) is 20.5. The largest absolute Gasteiger partial charge is 0.493 e. The van der Waals surface area contributed by atoms with Crippen molar-refractivity contribution in [3.05, 3.63) is 96.4 Å². The Kier molecular flexibility index (Phi) is 6.66. The Hall–Kier alpha value is -4.59. The third kappa shape index (κ3) is 4.79. The molecule has 0 unspecified atom stereocenters. The van der Waals surface area contributed by atoms with Gasteiger partial charge in [-0.2, -0.15) is 4.98 Å². The predicted molar refractivity (Wildman–Crippen MR) is 142 cm³/mol. The molecule has 5 rings (SSSR count). The fourth-order valence-corrected chi connectivity index (χ4v) is 4.17. The van der Waals surface area contributed by atoms with E-state index in [1.807, 2.05) is 65.2 Å². The topological polar surface area (TPSA) is 86.1 Å². The van der Waals surface area contributed by atoms with E-state index in [1.165, 1.54) is 5.56 Å². The summed E-state index contributed by atoms with van der Waals surface area (Å²) in [7, 11) is 3.29. The molecule has 0 aliphatic heterocycles. The van der Waals surface area contributed by atoms with Gasteiger partial charge in [-0.15, -0.1) is 0 Å². The Labute approximate surface area is 210 Å². The molecule has 0 amide bonds. The van der Waals surface area contributed by atoms with Crippen molar-refractivity contribution in [2.45, 2.75) is 19.5 Å². The van der Waals surface area contributed by atoms with Gasteiger partial charge >= 0.3 is 0 Å². The molecule has 182 valence electrons. The van der Waals surface area contributed by atoms with Gasteiger partial charge in [0.15, 0.2) is 11.5 Å². The average molecular weight is 481 g/mol. The van der Waals surface area contributed by atoms with Gasteiger partial charge in [0, 0.05) is 24.0 Å². The summed E-state index contributed by atoms with van der Waals surface area (Å²) in [5, 5.41) is 6.84. The number of anilines is 2. The number of ether oxygens (including phenoxy) is 2. The van der Waals surface area contributed by atoms with Crippen LogP contribution in [0.2, 0.25) is 0 Å². The highest BCUT2D eigenvalue weighted by Crippen LogP contribution is 2.31. The predicted octanol–water partition coefficient (Wildman–Crippen LogP) is 5.62. The molecule has 0 spiro atoms. The van der Waals surface area contributed by atoms with Crippen molar-refractivity contribution >= 4 is 22.7 Å². The Morgan fingerprint density at radius 2 is 1.78 bits per heavy atom. The lowest BCUT2D eigenvalue weighted by Gasteiger charge is -2.15. The molecule has 0 bridgehead atoms. The zero-order chi connectivity index (χ0) is 24.9. The first-order chi connectivity index (χ1) is 17.7. The van der Waals surface area contributed by atoms with Gasteiger partial charge in [0.2, 0.25) is 5.95 Å². The Morgan fingerprint density at radius 3 is 2.58 bits per heavy atom. The maximum Gasteiger partial charge on any atom is 0.225 e. The van der Waals surface area contributed by atoms with E-state index in [-0.39, 0.29) is 6.04 Å². The van der Waals surface area contributed by atoms with E-state index in [1.54, 1.807) is 26.7 Å². The molecule has 36 heavy (non-hydrogen) atoms. The number of imidazole rings is 1. The second kappa shape index (κ2) is 10.4. The lowest BCUT2D eigenvalue weighted by atomic mass is 10.1. The number of para-hydroxylation sites is 1. The van der Waals surface area contributed by atoms with Crippen LogP contribution in [0.4, 0.5) is 11.6 Å². The van der Waals surface area contributed by atoms with E-state index in [0.29, 0.717) is 18.2 Å². The van der Waals surface area contributed by atoms with Crippen LogP contribution in [0.3, 0.4) is 0 Å². The molecule has 8 nitrogen and oxygen atoms in total. The van der Waals surface area contributed by atoms with Crippen LogP contribution in [0.5, 0.6) is 11.5 Å². The fraction of sp³-hybridized carbons (Fsp3) is 0.179. The van der Waals surface area contributed by atoms with Crippen LogP contribution in [0.15, 0.2) is 85.3 Å². The quantitative estimate of drug-likeness (QED) is 0.283. The van der Waals surface area contributed by atoms with Gasteiger partial charge in [-0.05, 0) is 42.8 Å². The molecule has 1 atom stereocenters. The highest BCUT2D eigenvalue weighted by Gasteiger charge is 2.12. The lowest BCUT2D eigenvalue weighted by molar-refractivity contribution is 0.352. The van der Waals surface area contributed by atoms with Gasteiger partial charge in [0.1, 0.15) is 12.1 Å². The number of hydrogen-bond acceptors (Lipinski definition) is 7. The minimum Gasteiger partial charge on any atom is -0.493 e. The van der Waals surface area contributed by atoms with Crippen LogP contribution in [-0.2, 0) is 6.54 Å². The molecule has 0 saturated heterocycles. The minimum atomic E-state index is 0.0813. The number of nitrogens with zero attached hydrogens (tertiary/aromatic N) is 4. The molecule has 5 aromatic rings. The first-order valence-corrected chi connectivity index (χ1v) is 11.7. The number of methoxy groups -OCH3 is 2. The molecular weight excluding hydrogens is 452 g/mol. The maximum atomic E-state index is 5.54. The first-order valence-electron chi connectivity index (χ1n) is 11.7. The lowest BCUT2D eigenvalue weighted by Crippen LogP contribution is -2.10. The molecule has 2 heterocycles. The Morgan fingerprint density at radius 1 is 0.917 bits per heavy atom. The molecule has 0 fully saturated rings. The number of rotatable bonds is 9. The number of fused-ring (bicyclic) bond motifs is 1. The Bertz CT molecular complexity index is 1470. The summed E-state index contributed by atoms with van der Waals surface area (Å²) in [5.74, 6) is 2.75. The van der Waals surface area contributed by atoms with E-state index in [2.05, 4.69) is 39.7 Å². The number of benzene rings is 3. The van der Waals surface area contributed by atoms with E-state index >= 15 is 0 Å². The number of nitrogens with one attached hydrogen (secondary N) is 2. The van der Waals surface area contributed by atoms with Crippen molar-refractivity contribution in [3.8, 4) is 17.3 Å². The highest BCUT2D eigenvalue weighted by atomic mass is 16.5. The second-order valence-corrected chi connectivity index (χ2v) is 8.34. The van der Waals surface area contributed by atoms with E-state index in [0.717, 1.165) is 33.9 Å². The normalized spacial score (nSPS) is 11.8. The van der Waals surface area contributed by atoms with Crippen molar-refractivity contribution < 1.29 is 9.47 Å². The van der Waals surface area contributed by atoms with E-state index in [4.69, 9.17) is 14.5 Å². The van der Waals surface area contributed by atoms with Crippen molar-refractivity contribution in [2.24, 2.45) is 0 Å². The van der Waals surface area contributed by atoms with Gasteiger partial charge in [-0.1, -0.05) is 42.5 Å². The van der Waals surface area contributed by atoms with Gasteiger partial charge in [0.05, 0.1) is 31.3 Å². The summed E-state index contributed by atoms with van der Waals surface area (Å²) in [6.45, 7) is 2.68. The summed E-state index contributed by atoms with van der Waals surface area (Å²) in [6.07, 6.45) is 3.54. The molecule has 0 aliphatic carbocycles. The van der Waals surface area contributed by atoms with Crippen LogP contribution >= 0.6 is 0 Å². The van der Waals surface area contributed by atoms with Gasteiger partial charge in [-0.3, -0.25) is 4.57 Å². The van der Waals surface area contributed by atoms with Crippen LogP contribution in [0, 0.1) is 0 Å². The molecule has 0 aliphatic rings. The van der Waals surface area contributed by atoms with Crippen LogP contribution in [0.1, 0.15) is 24.1 Å². The Balaban J connectivity index is 1.34. The fourth-order valence-electron chi connectivity index (χ4n) is 4.17. The maximum absolute atomic E-state index is 5.54. The summed E-state index contributed by atoms with van der Waals surface area (Å²) in [4.78, 5) is 13.7. The molecular formula is C28H28N6O2. The van der Waals surface area contributed by atoms with Gasteiger partial charge < -0.3 is 20.1 Å². The second-order valence-electron chi connectivity index (χ2n) is 8.34. The van der Waals surface area contributed by atoms with Crippen LogP contribution in [0.25, 0.3) is 16.9 Å². The third-order valence-corrected chi connectivity index (χ3v) is 6.05. The summed E-state index contributed by atoms with van der Waals surface area (Å²) in [5.41, 5.74) is 4.96. The average Bonchev–Trinajstić information content (AvgIpc) is 3.35. The minimum absolute atomic E-state index is 0.0813. The van der Waals surface area contributed by atoms with Crippen molar-refractivity contribution in [3.63, 3.8) is 0 Å². The molecule has 2 aromatic heterocycles. The molecule has 2 N–H and O–H groups in total. The monoisotopic (exact) mass is 480 g/mol. The molecule has 8 heteroatoms. The standard InChI is InChI=1S/C28H28N6O2/c1-19(20-8-5-4-6-9-20)32-28-29-15-14-26(33-28)34-18-31-23-16-22(12-13-24(23)34)30-17-21-10-7-11-25(35-2)27(21)36-3/h4-16,18-19,30H,17H2,1-3H3,(H,29,32,33)/t19-/m0/s1. The van der Waals surface area contributed by atoms with Crippen LogP contribution < -0.4 is 20.1 Å². The van der Waals surface area contributed by atoms with Crippen molar-refractivity contribution in [1.82, 2.24) is 19.5 Å². The van der Waals surface area contributed by atoms with E-state index < -0.39 is 0 Å². The van der Waals surface area contributed by atoms with Gasteiger partial charge in [0.25, 0.3) is 0 Å². The third-order valence-electron chi connectivity index (χ3n) is 6.05. The summed E-state index contributed by atoms with van der Waals surface area (Å²) < 4.78 is 12.9. The number of hydrogen-bond donors (Lipinski definition) is 2. The van der Waals surface area contributed by atoms with Crippen LogP contribution in [-0.4, -0.2) is 33.7 Å². The zero-order valence-electron chi connectivity index (χ0n) is 20.5. The first kappa shape index (κ1) is 23.2. The van der Waals surface area contributed by atoms with E-state index in [9.17, 15) is 0 Å². The SMILES string of the molecule is COc1cccc(CNc2ccc3c(c2)ncn3-c2ccnc(N[C@@H](C)c3ccccc3)n2)c1OC. The van der Waals surface area contributed by atoms with Gasteiger partial charge in [-0.25, -0.2) is 9.97 Å².